The first-order valence-electron chi connectivity index (χ1n) is 4.10. The molecule has 0 aliphatic carbocycles. The van der Waals surface area contributed by atoms with Crippen LogP contribution >= 0.6 is 0 Å². The van der Waals surface area contributed by atoms with Gasteiger partial charge in [0.25, 0.3) is 0 Å². The van der Waals surface area contributed by atoms with E-state index in [0.717, 1.165) is 11.8 Å². The van der Waals surface area contributed by atoms with E-state index in [1.54, 1.807) is 12.1 Å². The average Bonchev–Trinajstić information content (AvgIpc) is 2.20. The first kappa shape index (κ1) is 10.8. The molecular weight excluding hydrogens is 196 g/mol. The largest absolute Gasteiger partial charge is 0.508 e. The Morgan fingerprint density at radius 1 is 1.40 bits per heavy atom. The molecule has 4 N–H and O–H groups in total. The van der Waals surface area contributed by atoms with Crippen molar-refractivity contribution in [2.45, 2.75) is 0 Å². The van der Waals surface area contributed by atoms with E-state index >= 15 is 0 Å². The molecule has 5 heteroatoms. The van der Waals surface area contributed by atoms with Gasteiger partial charge in [0.15, 0.2) is 0 Å². The van der Waals surface area contributed by atoms with Crippen LogP contribution < -0.4 is 5.73 Å². The zero-order valence-electron chi connectivity index (χ0n) is 7.81. The summed E-state index contributed by atoms with van der Waals surface area (Å²) in [6, 6.07) is 6.31. The first-order chi connectivity index (χ1) is 7.09. The fourth-order valence-corrected chi connectivity index (χ4v) is 0.823. The number of nitrogens with one attached hydrogen (secondary N) is 1. The van der Waals surface area contributed by atoms with Gasteiger partial charge in [0.1, 0.15) is 5.75 Å². The number of phenolic OH excluding ortho intramolecular Hbond substituents is 1. The summed E-state index contributed by atoms with van der Waals surface area (Å²) < 4.78 is 4.51. The summed E-state index contributed by atoms with van der Waals surface area (Å²) in [5.74, 6) is -1.39. The van der Waals surface area contributed by atoms with E-state index in [4.69, 9.17) is 16.2 Å². The molecule has 0 saturated heterocycles. The Hall–Kier alpha value is -2.30. The number of amidine groups is 1. The lowest BCUT2D eigenvalue weighted by molar-refractivity contribution is -0.130. The van der Waals surface area contributed by atoms with Crippen molar-refractivity contribution < 1.29 is 14.6 Å². The lowest BCUT2D eigenvalue weighted by Crippen LogP contribution is -2.22. The number of hydrogen-bond donors (Lipinski definition) is 3. The van der Waals surface area contributed by atoms with Crippen molar-refractivity contribution in [3.8, 4) is 5.75 Å². The maximum Gasteiger partial charge on any atom is 0.377 e. The highest BCUT2D eigenvalue weighted by atomic mass is 16.5. The second-order valence-corrected chi connectivity index (χ2v) is 2.71. The molecule has 78 valence electrons. The molecule has 0 fully saturated rings. The van der Waals surface area contributed by atoms with Crippen LogP contribution in [0.2, 0.25) is 0 Å². The van der Waals surface area contributed by atoms with Gasteiger partial charge in [-0.2, -0.15) is 0 Å². The second kappa shape index (κ2) is 4.80. The molecule has 0 aromatic heterocycles. The van der Waals surface area contributed by atoms with Crippen molar-refractivity contribution in [2.24, 2.45) is 5.73 Å². The summed E-state index contributed by atoms with van der Waals surface area (Å²) in [4.78, 5) is 10.7. The zero-order chi connectivity index (χ0) is 11.3. The lowest BCUT2D eigenvalue weighted by Gasteiger charge is -1.96. The van der Waals surface area contributed by atoms with Crippen molar-refractivity contribution in [3.05, 3.63) is 36.1 Å². The molecule has 0 spiro atoms. The van der Waals surface area contributed by atoms with E-state index in [-0.39, 0.29) is 5.75 Å². The van der Waals surface area contributed by atoms with Crippen LogP contribution in [0.3, 0.4) is 0 Å². The minimum Gasteiger partial charge on any atom is -0.508 e. The number of rotatable bonds is 2. The minimum atomic E-state index is -0.898. The van der Waals surface area contributed by atoms with Gasteiger partial charge in [-0.1, -0.05) is 12.1 Å². The van der Waals surface area contributed by atoms with Gasteiger partial charge in [-0.25, -0.2) is 4.79 Å². The summed E-state index contributed by atoms with van der Waals surface area (Å²) in [6.07, 6.45) is 2.65. The molecule has 0 unspecified atom stereocenters. The fraction of sp³-hybridized carbons (Fsp3) is 0. The lowest BCUT2D eigenvalue weighted by atomic mass is 10.2. The van der Waals surface area contributed by atoms with Crippen LogP contribution in [0.25, 0.3) is 6.08 Å². The Morgan fingerprint density at radius 3 is 2.53 bits per heavy atom. The predicted octanol–water partition coefficient (Wildman–Crippen LogP) is 0.842. The van der Waals surface area contributed by atoms with Crippen LogP contribution in [0, 0.1) is 5.41 Å². The van der Waals surface area contributed by atoms with E-state index in [1.807, 2.05) is 0 Å². The normalized spacial score (nSPS) is 10.1. The first-order valence-corrected chi connectivity index (χ1v) is 4.10. The Balaban J connectivity index is 2.55. The quantitative estimate of drug-likeness (QED) is 0.289. The smallest absolute Gasteiger partial charge is 0.377 e. The van der Waals surface area contributed by atoms with Gasteiger partial charge in [0.05, 0.1) is 6.26 Å². The van der Waals surface area contributed by atoms with Gasteiger partial charge in [-0.3, -0.25) is 5.41 Å². The third-order valence-corrected chi connectivity index (χ3v) is 1.55. The molecule has 0 radical (unpaired) electrons. The number of hydrogen-bond acceptors (Lipinski definition) is 4. The Labute approximate surface area is 86.3 Å². The standard InChI is InChI=1S/C10H10N2O3/c11-9(12)10(14)15-6-5-7-1-3-8(13)4-2-7/h1-6,13H,(H3,11,12)/b6-5+. The highest BCUT2D eigenvalue weighted by Crippen LogP contribution is 2.10. The summed E-state index contributed by atoms with van der Waals surface area (Å²) in [5.41, 5.74) is 5.63. The van der Waals surface area contributed by atoms with Gasteiger partial charge in [0, 0.05) is 0 Å². The minimum absolute atomic E-state index is 0.160. The Kier molecular flexibility index (Phi) is 3.45. The molecule has 5 nitrogen and oxygen atoms in total. The van der Waals surface area contributed by atoms with Crippen molar-refractivity contribution in [1.82, 2.24) is 0 Å². The van der Waals surface area contributed by atoms with Crippen molar-refractivity contribution in [2.75, 3.05) is 0 Å². The van der Waals surface area contributed by atoms with E-state index in [9.17, 15) is 4.79 Å². The third kappa shape index (κ3) is 3.51. The number of esters is 1. The molecule has 0 atom stereocenters. The number of carbonyl (C=O) groups is 1. The molecule has 0 bridgehead atoms. The number of benzene rings is 1. The van der Waals surface area contributed by atoms with Gasteiger partial charge < -0.3 is 15.6 Å². The van der Waals surface area contributed by atoms with E-state index in [1.165, 1.54) is 18.2 Å². The van der Waals surface area contributed by atoms with Gasteiger partial charge in [-0.15, -0.1) is 0 Å². The van der Waals surface area contributed by atoms with Crippen molar-refractivity contribution in [1.29, 1.82) is 5.41 Å². The second-order valence-electron chi connectivity index (χ2n) is 2.71. The average molecular weight is 206 g/mol. The number of aromatic hydroxyl groups is 1. The summed E-state index contributed by atoms with van der Waals surface area (Å²) in [5, 5.41) is 15.7. The maximum absolute atomic E-state index is 10.7. The van der Waals surface area contributed by atoms with Crippen molar-refractivity contribution in [3.63, 3.8) is 0 Å². The summed E-state index contributed by atoms with van der Waals surface area (Å²) >= 11 is 0. The van der Waals surface area contributed by atoms with Crippen LogP contribution in [0.5, 0.6) is 5.75 Å². The summed E-state index contributed by atoms with van der Waals surface area (Å²) in [7, 11) is 0. The molecule has 1 aromatic carbocycles. The van der Waals surface area contributed by atoms with Gasteiger partial charge in [-0.05, 0) is 23.8 Å². The molecular formula is C10H10N2O3. The monoisotopic (exact) mass is 206 g/mol. The van der Waals surface area contributed by atoms with Crippen LogP contribution in [0.15, 0.2) is 30.5 Å². The fourth-order valence-electron chi connectivity index (χ4n) is 0.823. The van der Waals surface area contributed by atoms with Gasteiger partial charge >= 0.3 is 5.97 Å². The zero-order valence-corrected chi connectivity index (χ0v) is 7.81. The predicted molar refractivity (Wildman–Crippen MR) is 55.1 cm³/mol. The molecule has 0 aliphatic rings. The molecule has 0 saturated carbocycles. The van der Waals surface area contributed by atoms with E-state index < -0.39 is 11.8 Å². The Morgan fingerprint density at radius 2 is 2.00 bits per heavy atom. The molecule has 1 rings (SSSR count). The van der Waals surface area contributed by atoms with E-state index in [0.29, 0.717) is 0 Å². The highest BCUT2D eigenvalue weighted by molar-refractivity contribution is 6.33. The SMILES string of the molecule is N=C(N)C(=O)O/C=C/c1ccc(O)cc1. The molecule has 1 aromatic rings. The van der Waals surface area contributed by atoms with Crippen LogP contribution in [-0.2, 0) is 9.53 Å². The van der Waals surface area contributed by atoms with Crippen molar-refractivity contribution >= 4 is 17.9 Å². The molecule has 0 aliphatic heterocycles. The summed E-state index contributed by atoms with van der Waals surface area (Å²) in [6.45, 7) is 0. The number of nitrogens with two attached hydrogens (primary N) is 1. The third-order valence-electron chi connectivity index (χ3n) is 1.55. The van der Waals surface area contributed by atoms with Crippen LogP contribution in [0.1, 0.15) is 5.56 Å². The molecule has 0 amide bonds. The Bertz CT molecular complexity index is 396. The topological polar surface area (TPSA) is 96.4 Å². The molecule has 15 heavy (non-hydrogen) atoms. The van der Waals surface area contributed by atoms with Crippen LogP contribution in [-0.4, -0.2) is 16.9 Å². The maximum atomic E-state index is 10.7. The number of ether oxygens (including phenoxy) is 1. The molecule has 0 heterocycles. The van der Waals surface area contributed by atoms with Crippen LogP contribution in [0.4, 0.5) is 0 Å². The van der Waals surface area contributed by atoms with Gasteiger partial charge in [0.2, 0.25) is 5.84 Å². The number of carbonyl (C=O) groups excluding carboxylic acids is 1. The number of phenols is 1. The van der Waals surface area contributed by atoms with E-state index in [2.05, 4.69) is 4.74 Å². The highest BCUT2D eigenvalue weighted by Gasteiger charge is 2.02.